The summed E-state index contributed by atoms with van der Waals surface area (Å²) in [6, 6.07) is 0. The molecule has 0 heterocycles. The summed E-state index contributed by atoms with van der Waals surface area (Å²) in [6.45, 7) is 3.11. The molecule has 0 rings (SSSR count). The first kappa shape index (κ1) is 14.8. The molecule has 0 bridgehead atoms. The maximum Gasteiger partial charge on any atom is 0.363 e. The maximum atomic E-state index is 11.4. The SMILES string of the molecule is CCOC(=O)C(O)(C#CCCl)C(=O)OCC. The molecule has 0 amide bonds. The molecule has 0 aliphatic heterocycles. The molecule has 6 heteroatoms. The van der Waals surface area contributed by atoms with Crippen molar-refractivity contribution in [1.82, 2.24) is 0 Å². The van der Waals surface area contributed by atoms with Crippen LogP contribution in [-0.2, 0) is 19.1 Å². The van der Waals surface area contributed by atoms with Crippen molar-refractivity contribution < 1.29 is 24.2 Å². The van der Waals surface area contributed by atoms with E-state index in [4.69, 9.17) is 11.6 Å². The molecule has 0 spiro atoms. The lowest BCUT2D eigenvalue weighted by atomic mass is 10.1. The second kappa shape index (κ2) is 7.09. The molecule has 0 aliphatic carbocycles. The van der Waals surface area contributed by atoms with Crippen LogP contribution in [0.3, 0.4) is 0 Å². The van der Waals surface area contributed by atoms with Crippen molar-refractivity contribution in [2.75, 3.05) is 19.1 Å². The summed E-state index contributed by atoms with van der Waals surface area (Å²) in [5, 5.41) is 9.76. The van der Waals surface area contributed by atoms with E-state index < -0.39 is 17.5 Å². The Balaban J connectivity index is 5.02. The van der Waals surface area contributed by atoms with Crippen molar-refractivity contribution >= 4 is 23.5 Å². The van der Waals surface area contributed by atoms with E-state index in [9.17, 15) is 14.7 Å². The number of carbonyl (C=O) groups is 2. The molecule has 0 fully saturated rings. The highest BCUT2D eigenvalue weighted by atomic mass is 35.5. The van der Waals surface area contributed by atoms with Gasteiger partial charge in [-0.3, -0.25) is 0 Å². The van der Waals surface area contributed by atoms with Crippen molar-refractivity contribution in [3.63, 3.8) is 0 Å². The molecule has 5 nitrogen and oxygen atoms in total. The van der Waals surface area contributed by atoms with E-state index in [0.717, 1.165) is 0 Å². The summed E-state index contributed by atoms with van der Waals surface area (Å²) in [6.07, 6.45) is 0. The Morgan fingerprint density at radius 2 is 1.69 bits per heavy atom. The van der Waals surface area contributed by atoms with Crippen molar-refractivity contribution in [3.05, 3.63) is 0 Å². The summed E-state index contributed by atoms with van der Waals surface area (Å²) >= 11 is 5.28. The van der Waals surface area contributed by atoms with Gasteiger partial charge in [0.2, 0.25) is 0 Å². The van der Waals surface area contributed by atoms with Gasteiger partial charge in [-0.25, -0.2) is 9.59 Å². The van der Waals surface area contributed by atoms with Gasteiger partial charge < -0.3 is 14.6 Å². The van der Waals surface area contributed by atoms with Crippen LogP contribution in [0, 0.1) is 11.8 Å². The Bertz CT molecular complexity index is 297. The molecule has 0 radical (unpaired) electrons. The van der Waals surface area contributed by atoms with Gasteiger partial charge in [-0.2, -0.15) is 0 Å². The highest BCUT2D eigenvalue weighted by Gasteiger charge is 2.46. The van der Waals surface area contributed by atoms with E-state index in [0.29, 0.717) is 0 Å². The Kier molecular flexibility index (Phi) is 6.54. The van der Waals surface area contributed by atoms with Crippen LogP contribution in [0.15, 0.2) is 0 Å². The highest BCUT2D eigenvalue weighted by Crippen LogP contribution is 2.09. The van der Waals surface area contributed by atoms with Crippen LogP contribution < -0.4 is 0 Å². The largest absolute Gasteiger partial charge is 0.463 e. The molecule has 0 atom stereocenters. The third-order valence-corrected chi connectivity index (χ3v) is 1.61. The zero-order chi connectivity index (χ0) is 12.6. The minimum absolute atomic E-state index is 0.0170. The number of carbonyl (C=O) groups excluding carboxylic acids is 2. The van der Waals surface area contributed by atoms with Crippen molar-refractivity contribution in [2.45, 2.75) is 19.4 Å². The first-order valence-corrected chi connectivity index (χ1v) is 5.19. The molecule has 0 saturated carbocycles. The van der Waals surface area contributed by atoms with Gasteiger partial charge in [0.15, 0.2) is 0 Å². The molecule has 16 heavy (non-hydrogen) atoms. The first-order chi connectivity index (χ1) is 7.52. The number of hydrogen-bond acceptors (Lipinski definition) is 5. The maximum absolute atomic E-state index is 11.4. The number of aliphatic hydroxyl groups is 1. The van der Waals surface area contributed by atoms with Gasteiger partial charge in [-0.15, -0.1) is 11.6 Å². The van der Waals surface area contributed by atoms with E-state index >= 15 is 0 Å². The monoisotopic (exact) mass is 248 g/mol. The number of rotatable bonds is 4. The molecule has 0 saturated heterocycles. The number of ether oxygens (including phenoxy) is 2. The lowest BCUT2D eigenvalue weighted by molar-refractivity contribution is -0.176. The zero-order valence-electron chi connectivity index (χ0n) is 9.08. The fourth-order valence-corrected chi connectivity index (χ4v) is 0.885. The number of alkyl halides is 1. The topological polar surface area (TPSA) is 72.8 Å². The third kappa shape index (κ3) is 3.72. The Morgan fingerprint density at radius 1 is 1.25 bits per heavy atom. The van der Waals surface area contributed by atoms with Crippen molar-refractivity contribution in [2.24, 2.45) is 0 Å². The van der Waals surface area contributed by atoms with Gasteiger partial charge in [0.05, 0.1) is 19.1 Å². The molecule has 1 N–H and O–H groups in total. The number of halogens is 1. The lowest BCUT2D eigenvalue weighted by Gasteiger charge is -2.17. The second-order valence-corrected chi connectivity index (χ2v) is 2.85. The van der Waals surface area contributed by atoms with E-state index in [-0.39, 0.29) is 19.1 Å². The predicted molar refractivity (Wildman–Crippen MR) is 56.7 cm³/mol. The van der Waals surface area contributed by atoms with Gasteiger partial charge >= 0.3 is 17.5 Å². The van der Waals surface area contributed by atoms with E-state index in [1.54, 1.807) is 13.8 Å². The molecule has 0 aromatic heterocycles. The first-order valence-electron chi connectivity index (χ1n) is 4.65. The Labute approximate surface area is 98.7 Å². The molecular formula is C10H13ClO5. The predicted octanol–water partition coefficient (Wildman–Crippen LogP) is 0.0859. The average Bonchev–Trinajstić information content (AvgIpc) is 2.26. The summed E-state index contributed by atoms with van der Waals surface area (Å²) in [4.78, 5) is 22.7. The molecule has 0 aromatic carbocycles. The van der Waals surface area contributed by atoms with E-state index in [1.807, 2.05) is 5.92 Å². The average molecular weight is 249 g/mol. The number of esters is 2. The van der Waals surface area contributed by atoms with Crippen LogP contribution in [0.2, 0.25) is 0 Å². The van der Waals surface area contributed by atoms with Gasteiger partial charge in [-0.1, -0.05) is 5.92 Å². The quantitative estimate of drug-likeness (QED) is 0.330. The van der Waals surface area contributed by atoms with Crippen LogP contribution >= 0.6 is 11.6 Å². The van der Waals surface area contributed by atoms with Gasteiger partial charge in [0, 0.05) is 0 Å². The van der Waals surface area contributed by atoms with Crippen molar-refractivity contribution in [3.8, 4) is 11.8 Å². The Hall–Kier alpha value is -1.25. The molecule has 0 aromatic rings. The lowest BCUT2D eigenvalue weighted by Crippen LogP contribution is -2.47. The highest BCUT2D eigenvalue weighted by molar-refractivity contribution is 6.19. The summed E-state index contributed by atoms with van der Waals surface area (Å²) in [5.41, 5.74) is -2.60. The molecule has 90 valence electrons. The summed E-state index contributed by atoms with van der Waals surface area (Å²) in [5.74, 6) is 1.82. The fourth-order valence-electron chi connectivity index (χ4n) is 0.818. The third-order valence-electron chi connectivity index (χ3n) is 1.48. The minimum Gasteiger partial charge on any atom is -0.463 e. The standard InChI is InChI=1S/C10H13ClO5/c1-3-15-8(12)10(14,6-5-7-11)9(13)16-4-2/h14H,3-4,7H2,1-2H3. The summed E-state index contributed by atoms with van der Waals surface area (Å²) in [7, 11) is 0. The van der Waals surface area contributed by atoms with Gasteiger partial charge in [0.1, 0.15) is 0 Å². The number of hydrogen-bond donors (Lipinski definition) is 1. The van der Waals surface area contributed by atoms with Crippen LogP contribution in [0.5, 0.6) is 0 Å². The van der Waals surface area contributed by atoms with Crippen LogP contribution in [0.4, 0.5) is 0 Å². The molecule has 0 unspecified atom stereocenters. The Morgan fingerprint density at radius 3 is 2.00 bits per heavy atom. The smallest absolute Gasteiger partial charge is 0.363 e. The summed E-state index contributed by atoms with van der Waals surface area (Å²) < 4.78 is 9.07. The van der Waals surface area contributed by atoms with Crippen molar-refractivity contribution in [1.29, 1.82) is 0 Å². The fraction of sp³-hybridized carbons (Fsp3) is 0.600. The molecule has 0 aliphatic rings. The van der Waals surface area contributed by atoms with Gasteiger partial charge in [-0.05, 0) is 19.8 Å². The van der Waals surface area contributed by atoms with Gasteiger partial charge in [0.25, 0.3) is 0 Å². The van der Waals surface area contributed by atoms with Crippen LogP contribution in [-0.4, -0.2) is 41.7 Å². The second-order valence-electron chi connectivity index (χ2n) is 2.59. The zero-order valence-corrected chi connectivity index (χ0v) is 9.84. The van der Waals surface area contributed by atoms with E-state index in [2.05, 4.69) is 15.4 Å². The molecular weight excluding hydrogens is 236 g/mol. The minimum atomic E-state index is -2.60. The normalized spacial score (nSPS) is 10.0. The van der Waals surface area contributed by atoms with Crippen LogP contribution in [0.1, 0.15) is 13.8 Å². The van der Waals surface area contributed by atoms with Crippen LogP contribution in [0.25, 0.3) is 0 Å². The van der Waals surface area contributed by atoms with E-state index in [1.165, 1.54) is 0 Å².